The number of amides is 1. The van der Waals surface area contributed by atoms with Crippen molar-refractivity contribution in [2.45, 2.75) is 13.0 Å². The monoisotopic (exact) mass is 291 g/mol. The van der Waals surface area contributed by atoms with Crippen molar-refractivity contribution in [3.63, 3.8) is 0 Å². The number of pyridine rings is 1. The Morgan fingerprint density at radius 2 is 2.38 bits per heavy atom. The van der Waals surface area contributed by atoms with Gasteiger partial charge in [0, 0.05) is 6.07 Å². The topological polar surface area (TPSA) is 118 Å². The molecule has 2 N–H and O–H groups in total. The van der Waals surface area contributed by atoms with Crippen molar-refractivity contribution < 1.29 is 19.2 Å². The predicted molar refractivity (Wildman–Crippen MR) is 71.6 cm³/mol. The van der Waals surface area contributed by atoms with Gasteiger partial charge >= 0.3 is 0 Å². The summed E-state index contributed by atoms with van der Waals surface area (Å²) >= 11 is 0. The van der Waals surface area contributed by atoms with Crippen LogP contribution in [0.15, 0.2) is 35.1 Å². The highest BCUT2D eigenvalue weighted by atomic mass is 16.6. The highest BCUT2D eigenvalue weighted by Gasteiger charge is 2.21. The van der Waals surface area contributed by atoms with Crippen LogP contribution >= 0.6 is 0 Å². The number of hydrogen-bond donors (Lipinski definition) is 2. The minimum atomic E-state index is -0.730. The van der Waals surface area contributed by atoms with Crippen LogP contribution in [0.3, 0.4) is 0 Å². The van der Waals surface area contributed by atoms with Gasteiger partial charge in [-0.1, -0.05) is 0 Å². The molecule has 0 radical (unpaired) electrons. The molecule has 2 rings (SSSR count). The van der Waals surface area contributed by atoms with E-state index in [9.17, 15) is 20.0 Å². The van der Waals surface area contributed by atoms with Crippen molar-refractivity contribution >= 4 is 11.6 Å². The third-order valence-corrected chi connectivity index (χ3v) is 2.90. The van der Waals surface area contributed by atoms with Crippen LogP contribution in [0.4, 0.5) is 5.69 Å². The van der Waals surface area contributed by atoms with Crippen LogP contribution < -0.4 is 5.32 Å². The van der Waals surface area contributed by atoms with Crippen LogP contribution in [0.25, 0.3) is 0 Å². The van der Waals surface area contributed by atoms with Gasteiger partial charge in [-0.05, 0) is 19.1 Å². The van der Waals surface area contributed by atoms with Crippen LogP contribution in [-0.4, -0.2) is 27.5 Å². The lowest BCUT2D eigenvalue weighted by Gasteiger charge is -2.14. The summed E-state index contributed by atoms with van der Waals surface area (Å²) in [5.41, 5.74) is 0.160. The van der Waals surface area contributed by atoms with E-state index < -0.39 is 16.9 Å². The molecule has 21 heavy (non-hydrogen) atoms. The van der Waals surface area contributed by atoms with Gasteiger partial charge in [0.15, 0.2) is 0 Å². The Balaban J connectivity index is 2.23. The molecule has 8 heteroatoms. The molecule has 0 aromatic carbocycles. The fraction of sp³-hybridized carbons (Fsp3) is 0.231. The summed E-state index contributed by atoms with van der Waals surface area (Å²) in [5.74, 6) is -0.180. The molecule has 0 saturated carbocycles. The fourth-order valence-corrected chi connectivity index (χ4v) is 1.78. The van der Waals surface area contributed by atoms with Crippen LogP contribution in [0, 0.1) is 17.0 Å². The Kier molecular flexibility index (Phi) is 4.29. The smallest absolute Gasteiger partial charge is 0.288 e. The fourth-order valence-electron chi connectivity index (χ4n) is 1.78. The van der Waals surface area contributed by atoms with Gasteiger partial charge in [-0.25, -0.2) is 0 Å². The maximum absolute atomic E-state index is 12.2. The molecular weight excluding hydrogens is 278 g/mol. The Bertz CT molecular complexity index is 654. The minimum Gasteiger partial charge on any atom is -0.467 e. The Morgan fingerprint density at radius 3 is 2.95 bits per heavy atom. The quantitative estimate of drug-likeness (QED) is 0.634. The minimum absolute atomic E-state index is 0.0780. The summed E-state index contributed by atoms with van der Waals surface area (Å²) in [6.45, 7) is 1.21. The first-order valence-electron chi connectivity index (χ1n) is 6.09. The van der Waals surface area contributed by atoms with Crippen molar-refractivity contribution in [1.29, 1.82) is 0 Å². The molecule has 1 unspecified atom stereocenters. The lowest BCUT2D eigenvalue weighted by Crippen LogP contribution is -2.31. The van der Waals surface area contributed by atoms with E-state index in [4.69, 9.17) is 4.42 Å². The lowest BCUT2D eigenvalue weighted by molar-refractivity contribution is -0.385. The molecule has 1 atom stereocenters. The number of nitro groups is 1. The summed E-state index contributed by atoms with van der Waals surface area (Å²) < 4.78 is 5.12. The molecular formula is C13H13N3O5. The standard InChI is InChI=1S/C13H13N3O5/c1-8-10(5-9(6-14-8)16(19)20)13(18)15-11(7-17)12-3-2-4-21-12/h2-6,11,17H,7H2,1H3,(H,15,18). The molecule has 0 aliphatic carbocycles. The van der Waals surface area contributed by atoms with Gasteiger partial charge in [0.2, 0.25) is 0 Å². The highest BCUT2D eigenvalue weighted by Crippen LogP contribution is 2.17. The molecule has 0 fully saturated rings. The first kappa shape index (κ1) is 14.7. The number of rotatable bonds is 5. The lowest BCUT2D eigenvalue weighted by atomic mass is 10.1. The predicted octanol–water partition coefficient (Wildman–Crippen LogP) is 1.35. The average Bonchev–Trinajstić information content (AvgIpc) is 2.98. The highest BCUT2D eigenvalue weighted by molar-refractivity contribution is 5.96. The van der Waals surface area contributed by atoms with Crippen LogP contribution in [0.5, 0.6) is 0 Å². The summed E-state index contributed by atoms with van der Waals surface area (Å²) in [6, 6.07) is 3.66. The molecule has 8 nitrogen and oxygen atoms in total. The molecule has 0 aliphatic rings. The van der Waals surface area contributed by atoms with Gasteiger partial charge in [-0.2, -0.15) is 0 Å². The van der Waals surface area contributed by atoms with Crippen molar-refractivity contribution in [2.75, 3.05) is 6.61 Å². The van der Waals surface area contributed by atoms with E-state index in [2.05, 4.69) is 10.3 Å². The molecule has 2 aromatic rings. The number of aliphatic hydroxyl groups is 1. The van der Waals surface area contributed by atoms with E-state index in [1.54, 1.807) is 19.1 Å². The zero-order chi connectivity index (χ0) is 15.4. The second-order valence-electron chi connectivity index (χ2n) is 4.31. The number of nitrogens with one attached hydrogen (secondary N) is 1. The molecule has 2 heterocycles. The SMILES string of the molecule is Cc1ncc([N+](=O)[O-])cc1C(=O)NC(CO)c1ccco1. The number of aliphatic hydroxyl groups excluding tert-OH is 1. The molecule has 1 amide bonds. The Labute approximate surface area is 119 Å². The maximum atomic E-state index is 12.2. The van der Waals surface area contributed by atoms with Gasteiger partial charge in [0.25, 0.3) is 11.6 Å². The number of aromatic nitrogens is 1. The average molecular weight is 291 g/mol. The summed E-state index contributed by atoms with van der Waals surface area (Å²) in [7, 11) is 0. The van der Waals surface area contributed by atoms with E-state index >= 15 is 0 Å². The van der Waals surface area contributed by atoms with E-state index in [-0.39, 0.29) is 17.9 Å². The summed E-state index contributed by atoms with van der Waals surface area (Å²) in [4.78, 5) is 26.1. The summed E-state index contributed by atoms with van der Waals surface area (Å²) in [6.07, 6.45) is 2.51. The second-order valence-corrected chi connectivity index (χ2v) is 4.31. The van der Waals surface area contributed by atoms with Gasteiger partial charge < -0.3 is 14.8 Å². The van der Waals surface area contributed by atoms with Crippen molar-refractivity contribution in [1.82, 2.24) is 10.3 Å². The van der Waals surface area contributed by atoms with Crippen molar-refractivity contribution in [2.24, 2.45) is 0 Å². The third kappa shape index (κ3) is 3.23. The van der Waals surface area contributed by atoms with E-state index in [0.717, 1.165) is 12.3 Å². The number of aryl methyl sites for hydroxylation is 1. The molecule has 0 saturated heterocycles. The van der Waals surface area contributed by atoms with Gasteiger partial charge in [0.1, 0.15) is 18.0 Å². The number of carbonyl (C=O) groups excluding carboxylic acids is 1. The number of nitrogens with zero attached hydrogens (tertiary/aromatic N) is 2. The normalized spacial score (nSPS) is 11.9. The summed E-state index contributed by atoms with van der Waals surface area (Å²) in [5, 5.41) is 22.6. The molecule has 110 valence electrons. The van der Waals surface area contributed by atoms with Crippen LogP contribution in [-0.2, 0) is 0 Å². The van der Waals surface area contributed by atoms with Gasteiger partial charge in [-0.15, -0.1) is 0 Å². The van der Waals surface area contributed by atoms with E-state index in [0.29, 0.717) is 11.5 Å². The zero-order valence-corrected chi connectivity index (χ0v) is 11.1. The largest absolute Gasteiger partial charge is 0.467 e. The molecule has 0 aliphatic heterocycles. The van der Waals surface area contributed by atoms with Gasteiger partial charge in [0.05, 0.1) is 29.1 Å². The Morgan fingerprint density at radius 1 is 1.62 bits per heavy atom. The number of carbonyl (C=O) groups is 1. The first-order valence-corrected chi connectivity index (χ1v) is 6.09. The molecule has 2 aromatic heterocycles. The third-order valence-electron chi connectivity index (χ3n) is 2.90. The number of furan rings is 1. The Hall–Kier alpha value is -2.74. The van der Waals surface area contributed by atoms with E-state index in [1.807, 2.05) is 0 Å². The molecule has 0 bridgehead atoms. The van der Waals surface area contributed by atoms with E-state index in [1.165, 1.54) is 6.26 Å². The molecule has 0 spiro atoms. The van der Waals surface area contributed by atoms with Gasteiger partial charge in [-0.3, -0.25) is 19.9 Å². The maximum Gasteiger partial charge on any atom is 0.288 e. The second kappa shape index (κ2) is 6.14. The zero-order valence-electron chi connectivity index (χ0n) is 11.1. The van der Waals surface area contributed by atoms with Crippen LogP contribution in [0.2, 0.25) is 0 Å². The van der Waals surface area contributed by atoms with Crippen molar-refractivity contribution in [3.05, 3.63) is 57.8 Å². The van der Waals surface area contributed by atoms with Crippen molar-refractivity contribution in [3.8, 4) is 0 Å². The van der Waals surface area contributed by atoms with Crippen LogP contribution in [0.1, 0.15) is 27.9 Å². The number of hydrogen-bond acceptors (Lipinski definition) is 6. The first-order chi connectivity index (χ1) is 10.0.